The number of benzene rings is 3. The van der Waals surface area contributed by atoms with E-state index in [-0.39, 0.29) is 33.4 Å². The zero-order valence-electron chi connectivity index (χ0n) is 23.6. The fraction of sp³-hybridized carbons (Fsp3) is 0.219. The Morgan fingerprint density at radius 1 is 1.07 bits per heavy atom. The lowest BCUT2D eigenvalue weighted by Gasteiger charge is -2.35. The zero-order valence-corrected chi connectivity index (χ0v) is 24.5. The van der Waals surface area contributed by atoms with Gasteiger partial charge < -0.3 is 15.2 Å². The molecule has 1 unspecified atom stereocenters. The molecule has 3 N–H and O–H groups in total. The van der Waals surface area contributed by atoms with E-state index in [4.69, 9.17) is 4.74 Å². The number of hydrogen-bond donors (Lipinski definition) is 3. The van der Waals surface area contributed by atoms with Gasteiger partial charge in [0.25, 0.3) is 10.0 Å². The summed E-state index contributed by atoms with van der Waals surface area (Å²) in [5.41, 5.74) is 0.296. The van der Waals surface area contributed by atoms with Crippen molar-refractivity contribution in [2.75, 3.05) is 10.6 Å². The summed E-state index contributed by atoms with van der Waals surface area (Å²) in [6.45, 7) is 6.91. The number of hydrogen-bond acceptors (Lipinski definition) is 7. The molecule has 3 aromatic rings. The average molecular weight is 586 g/mol. The summed E-state index contributed by atoms with van der Waals surface area (Å²) in [5, 5.41) is 16.7. The molecular weight excluding hydrogens is 554 g/mol. The lowest BCUT2D eigenvalue weighted by Crippen LogP contribution is -2.42. The molecule has 0 bridgehead atoms. The number of ketones is 1. The quantitative estimate of drug-likeness (QED) is 0.313. The van der Waals surface area contributed by atoms with Crippen molar-refractivity contribution in [3.63, 3.8) is 0 Å². The minimum atomic E-state index is -4.33. The van der Waals surface area contributed by atoms with Crippen LogP contribution < -0.4 is 10.6 Å². The molecule has 1 aliphatic carbocycles. The first-order valence-electron chi connectivity index (χ1n) is 13.3. The fourth-order valence-electron chi connectivity index (χ4n) is 4.99. The van der Waals surface area contributed by atoms with E-state index in [1.54, 1.807) is 52.0 Å². The third-order valence-corrected chi connectivity index (χ3v) is 8.30. The highest BCUT2D eigenvalue weighted by Gasteiger charge is 2.46. The molecule has 3 aromatic carbocycles. The van der Waals surface area contributed by atoms with Crippen LogP contribution in [0, 0.1) is 0 Å². The topological polar surface area (TPSA) is 134 Å². The molecule has 0 saturated heterocycles. The zero-order chi connectivity index (χ0) is 30.3. The molecular formula is C32H31N3O6S. The van der Waals surface area contributed by atoms with Crippen LogP contribution in [0.25, 0.3) is 11.8 Å². The Balaban J connectivity index is 1.51. The molecule has 1 atom stereocenters. The largest absolute Gasteiger partial charge is 0.506 e. The van der Waals surface area contributed by atoms with E-state index in [9.17, 15) is 23.1 Å². The first-order valence-corrected chi connectivity index (χ1v) is 14.8. The number of allylic oxidation sites excluding steroid dienone is 1. The van der Waals surface area contributed by atoms with Crippen LogP contribution >= 0.6 is 0 Å². The van der Waals surface area contributed by atoms with Crippen molar-refractivity contribution < 1.29 is 27.9 Å². The Bertz CT molecular complexity index is 1790. The van der Waals surface area contributed by atoms with Crippen molar-refractivity contribution >= 4 is 50.9 Å². The number of Topliss-reactive ketones (excluding diaryl/α,β-unsaturated/α-hetero) is 1. The van der Waals surface area contributed by atoms with Crippen molar-refractivity contribution in [3.05, 3.63) is 101 Å². The Hall–Kier alpha value is -4.70. The number of ether oxygens (including phenoxy) is 1. The highest BCUT2D eigenvalue weighted by Crippen LogP contribution is 2.43. The third-order valence-electron chi connectivity index (χ3n) is 6.98. The SMILES string of the molecule is CC(C)(C)OC(=O)Nc1ccc2c(c1)S(=O)(=O)N=C(C1=C(O)c3ccccc3C(C)(CC=Cc3ccccc3)C1=O)N2. The smallest absolute Gasteiger partial charge is 0.412 e. The molecule has 42 heavy (non-hydrogen) atoms. The summed E-state index contributed by atoms with van der Waals surface area (Å²) in [4.78, 5) is 26.2. The van der Waals surface area contributed by atoms with E-state index >= 15 is 0 Å². The van der Waals surface area contributed by atoms with E-state index in [1.165, 1.54) is 18.2 Å². The van der Waals surface area contributed by atoms with Crippen LogP contribution in [-0.4, -0.2) is 36.8 Å². The van der Waals surface area contributed by atoms with Crippen molar-refractivity contribution in [2.45, 2.75) is 50.0 Å². The van der Waals surface area contributed by atoms with E-state index in [1.807, 2.05) is 42.5 Å². The number of carbonyl (C=O) groups excluding carboxylic acids is 2. The standard InChI is InChI=1S/C32H31N3O6S/c1-31(2,3)41-30(38)33-21-16-17-24-25(19-21)42(39,40)35-29(34-24)26-27(36)22-14-8-9-15-23(22)32(4,28(26)37)18-10-13-20-11-6-5-7-12-20/h5-17,19,36H,18H2,1-4H3,(H,33,38)(H,34,35). The van der Waals surface area contributed by atoms with Gasteiger partial charge in [0.1, 0.15) is 21.8 Å². The average Bonchev–Trinajstić information content (AvgIpc) is 2.92. The maximum Gasteiger partial charge on any atom is 0.412 e. The van der Waals surface area contributed by atoms with Gasteiger partial charge in [-0.05, 0) is 63.4 Å². The lowest BCUT2D eigenvalue weighted by molar-refractivity contribution is -0.120. The number of fused-ring (bicyclic) bond motifs is 2. The van der Waals surface area contributed by atoms with E-state index in [2.05, 4.69) is 15.0 Å². The van der Waals surface area contributed by atoms with Crippen molar-refractivity contribution in [3.8, 4) is 0 Å². The van der Waals surface area contributed by atoms with Crippen LogP contribution in [0.15, 0.2) is 93.7 Å². The molecule has 1 aliphatic heterocycles. The predicted octanol–water partition coefficient (Wildman–Crippen LogP) is 6.46. The highest BCUT2D eigenvalue weighted by atomic mass is 32.2. The second kappa shape index (κ2) is 10.6. The number of amidine groups is 1. The summed E-state index contributed by atoms with van der Waals surface area (Å²) in [7, 11) is -4.33. The van der Waals surface area contributed by atoms with Gasteiger partial charge in [-0.3, -0.25) is 10.1 Å². The van der Waals surface area contributed by atoms with Gasteiger partial charge in [-0.1, -0.05) is 66.7 Å². The Labute approximate surface area is 244 Å². The Morgan fingerprint density at radius 3 is 2.48 bits per heavy atom. The van der Waals surface area contributed by atoms with Crippen LogP contribution in [-0.2, 0) is 25.0 Å². The van der Waals surface area contributed by atoms with Crippen LogP contribution in [0.2, 0.25) is 0 Å². The Kier molecular flexibility index (Phi) is 7.28. The van der Waals surface area contributed by atoms with Gasteiger partial charge in [-0.15, -0.1) is 4.40 Å². The first kappa shape index (κ1) is 28.8. The maximum atomic E-state index is 14.1. The second-order valence-corrected chi connectivity index (χ2v) is 12.9. The molecule has 2 aliphatic rings. The van der Waals surface area contributed by atoms with Crippen molar-refractivity contribution in [1.29, 1.82) is 0 Å². The monoisotopic (exact) mass is 585 g/mol. The number of nitrogens with one attached hydrogen (secondary N) is 2. The number of carbonyl (C=O) groups is 2. The molecule has 0 aromatic heterocycles. The second-order valence-electron chi connectivity index (χ2n) is 11.3. The fourth-order valence-corrected chi connectivity index (χ4v) is 6.14. The van der Waals surface area contributed by atoms with E-state index < -0.39 is 32.9 Å². The van der Waals surface area contributed by atoms with Crippen molar-refractivity contribution in [1.82, 2.24) is 0 Å². The maximum absolute atomic E-state index is 14.1. The number of aliphatic hydroxyl groups excluding tert-OH is 1. The molecule has 0 fully saturated rings. The highest BCUT2D eigenvalue weighted by molar-refractivity contribution is 7.90. The number of rotatable bonds is 5. The Morgan fingerprint density at radius 2 is 1.76 bits per heavy atom. The van der Waals surface area contributed by atoms with Gasteiger partial charge >= 0.3 is 6.09 Å². The molecule has 10 heteroatoms. The van der Waals surface area contributed by atoms with Gasteiger partial charge in [-0.2, -0.15) is 8.42 Å². The van der Waals surface area contributed by atoms with Crippen molar-refractivity contribution in [2.24, 2.45) is 4.40 Å². The molecule has 9 nitrogen and oxygen atoms in total. The van der Waals surface area contributed by atoms with E-state index in [0.717, 1.165) is 5.56 Å². The number of aliphatic hydroxyl groups is 1. The minimum absolute atomic E-state index is 0.146. The number of sulfonamides is 1. The molecule has 1 amide bonds. The summed E-state index contributed by atoms with van der Waals surface area (Å²) in [6.07, 6.45) is 3.37. The van der Waals surface area contributed by atoms with Gasteiger partial charge in [0, 0.05) is 11.3 Å². The lowest BCUT2D eigenvalue weighted by atomic mass is 9.67. The summed E-state index contributed by atoms with van der Waals surface area (Å²) in [5.74, 6) is -1.09. The van der Waals surface area contributed by atoms with Crippen LogP contribution in [0.1, 0.15) is 50.8 Å². The number of amides is 1. The van der Waals surface area contributed by atoms with Gasteiger partial charge in [0.2, 0.25) is 0 Å². The summed E-state index contributed by atoms with van der Waals surface area (Å²) in [6, 6.07) is 20.9. The third kappa shape index (κ3) is 5.58. The van der Waals surface area contributed by atoms with Crippen LogP contribution in [0.3, 0.4) is 0 Å². The van der Waals surface area contributed by atoms with Gasteiger partial charge in [-0.25, -0.2) is 4.79 Å². The normalized spacial score (nSPS) is 19.4. The molecule has 0 spiro atoms. The van der Waals surface area contributed by atoms with Gasteiger partial charge in [0.15, 0.2) is 11.6 Å². The van der Waals surface area contributed by atoms with Crippen LogP contribution in [0.4, 0.5) is 16.2 Å². The first-order chi connectivity index (χ1) is 19.8. The molecule has 5 rings (SSSR count). The van der Waals surface area contributed by atoms with E-state index in [0.29, 0.717) is 17.5 Å². The summed E-state index contributed by atoms with van der Waals surface area (Å²) < 4.78 is 35.8. The molecule has 0 radical (unpaired) electrons. The molecule has 1 heterocycles. The number of anilines is 2. The minimum Gasteiger partial charge on any atom is -0.506 e. The molecule has 0 saturated carbocycles. The molecule has 216 valence electrons. The van der Waals surface area contributed by atoms with Crippen LogP contribution in [0.5, 0.6) is 0 Å². The summed E-state index contributed by atoms with van der Waals surface area (Å²) >= 11 is 0. The number of nitrogens with zero attached hydrogens (tertiary/aromatic N) is 1. The predicted molar refractivity (Wildman–Crippen MR) is 163 cm³/mol. The van der Waals surface area contributed by atoms with Gasteiger partial charge in [0.05, 0.1) is 11.1 Å².